The number of hydrogen-bond acceptors (Lipinski definition) is 1. The zero-order valence-electron chi connectivity index (χ0n) is 13.3. The van der Waals surface area contributed by atoms with Gasteiger partial charge in [-0.15, -0.1) is 0 Å². The Morgan fingerprint density at radius 1 is 1.15 bits per heavy atom. The van der Waals surface area contributed by atoms with Crippen molar-refractivity contribution in [3.63, 3.8) is 0 Å². The summed E-state index contributed by atoms with van der Waals surface area (Å²) >= 11 is 6.35. The number of benzene rings is 1. The number of carbonyl (C=O) groups excluding carboxylic acids is 1. The average Bonchev–Trinajstić information content (AvgIpc) is 2.36. The fourth-order valence-electron chi connectivity index (χ4n) is 2.38. The van der Waals surface area contributed by atoms with Crippen molar-refractivity contribution in [1.29, 1.82) is 0 Å². The van der Waals surface area contributed by atoms with Crippen molar-refractivity contribution in [2.45, 2.75) is 46.3 Å². The van der Waals surface area contributed by atoms with Crippen molar-refractivity contribution in [2.75, 3.05) is 13.1 Å². The predicted octanol–water partition coefficient (Wildman–Crippen LogP) is 4.15. The van der Waals surface area contributed by atoms with E-state index < -0.39 is 8.07 Å². The van der Waals surface area contributed by atoms with Gasteiger partial charge in [0.2, 0.25) is 0 Å². The maximum Gasteiger partial charge on any atom is 0.255 e. The Morgan fingerprint density at radius 2 is 1.70 bits per heavy atom. The molecule has 1 aromatic carbocycles. The highest BCUT2D eigenvalue weighted by Crippen LogP contribution is 2.19. The molecular weight excluding hydrogens is 286 g/mol. The van der Waals surface area contributed by atoms with Crippen LogP contribution >= 0.6 is 11.6 Å². The maximum absolute atomic E-state index is 12.9. The number of amides is 1. The van der Waals surface area contributed by atoms with Crippen LogP contribution in [0.5, 0.6) is 0 Å². The monoisotopic (exact) mass is 311 g/mol. The SMILES string of the molecule is CCCN(CCC)C(=O)c1c(Cl)cccc1[Si](C)(C)C. The average molecular weight is 312 g/mol. The largest absolute Gasteiger partial charge is 0.339 e. The van der Waals surface area contributed by atoms with Gasteiger partial charge < -0.3 is 4.90 Å². The lowest BCUT2D eigenvalue weighted by atomic mass is 10.2. The van der Waals surface area contributed by atoms with Crippen molar-refractivity contribution < 1.29 is 4.79 Å². The second-order valence-corrected chi connectivity index (χ2v) is 11.7. The third kappa shape index (κ3) is 4.09. The first-order valence-electron chi connectivity index (χ1n) is 7.41. The first-order valence-corrected chi connectivity index (χ1v) is 11.3. The van der Waals surface area contributed by atoms with Gasteiger partial charge in [-0.1, -0.05) is 57.2 Å². The van der Waals surface area contributed by atoms with Crippen molar-refractivity contribution in [3.8, 4) is 0 Å². The quantitative estimate of drug-likeness (QED) is 0.723. The van der Waals surface area contributed by atoms with Crippen molar-refractivity contribution in [3.05, 3.63) is 28.8 Å². The van der Waals surface area contributed by atoms with Gasteiger partial charge in [0.1, 0.15) is 0 Å². The molecular formula is C16H26ClNOSi. The lowest BCUT2D eigenvalue weighted by Crippen LogP contribution is -2.45. The Labute approximate surface area is 129 Å². The molecule has 2 nitrogen and oxygen atoms in total. The highest BCUT2D eigenvalue weighted by molar-refractivity contribution is 6.89. The van der Waals surface area contributed by atoms with E-state index in [9.17, 15) is 4.79 Å². The Hall–Kier alpha value is -0.803. The highest BCUT2D eigenvalue weighted by atomic mass is 35.5. The van der Waals surface area contributed by atoms with E-state index in [1.165, 1.54) is 0 Å². The smallest absolute Gasteiger partial charge is 0.255 e. The molecule has 0 spiro atoms. The number of hydrogen-bond donors (Lipinski definition) is 0. The predicted molar refractivity (Wildman–Crippen MR) is 90.9 cm³/mol. The number of nitrogens with zero attached hydrogens (tertiary/aromatic N) is 1. The van der Waals surface area contributed by atoms with Gasteiger partial charge in [0, 0.05) is 13.1 Å². The number of rotatable bonds is 6. The second kappa shape index (κ2) is 7.28. The molecule has 0 fully saturated rings. The molecule has 20 heavy (non-hydrogen) atoms. The fourth-order valence-corrected chi connectivity index (χ4v) is 4.30. The highest BCUT2D eigenvalue weighted by Gasteiger charge is 2.27. The molecule has 0 aliphatic heterocycles. The van der Waals surface area contributed by atoms with Crippen LogP contribution in [0, 0.1) is 0 Å². The van der Waals surface area contributed by atoms with Crippen LogP contribution in [0.2, 0.25) is 24.7 Å². The number of carbonyl (C=O) groups is 1. The van der Waals surface area contributed by atoms with Gasteiger partial charge in [-0.25, -0.2) is 0 Å². The molecule has 112 valence electrons. The Bertz CT molecular complexity index is 462. The minimum Gasteiger partial charge on any atom is -0.339 e. The summed E-state index contributed by atoms with van der Waals surface area (Å²) in [5.41, 5.74) is 0.732. The molecule has 1 aromatic rings. The van der Waals surface area contributed by atoms with E-state index in [1.807, 2.05) is 17.0 Å². The van der Waals surface area contributed by atoms with Gasteiger partial charge >= 0.3 is 0 Å². The molecule has 1 amide bonds. The summed E-state index contributed by atoms with van der Waals surface area (Å²) in [5.74, 6) is 0.0942. The molecule has 1 rings (SSSR count). The third-order valence-corrected chi connectivity index (χ3v) is 5.66. The van der Waals surface area contributed by atoms with E-state index in [0.717, 1.165) is 36.7 Å². The van der Waals surface area contributed by atoms with Crippen LogP contribution in [0.25, 0.3) is 0 Å². The van der Waals surface area contributed by atoms with Gasteiger partial charge in [-0.05, 0) is 24.1 Å². The van der Waals surface area contributed by atoms with Gasteiger partial charge in [0.15, 0.2) is 0 Å². The zero-order chi connectivity index (χ0) is 15.3. The van der Waals surface area contributed by atoms with Crippen LogP contribution in [0.3, 0.4) is 0 Å². The minimum atomic E-state index is -1.60. The topological polar surface area (TPSA) is 20.3 Å². The summed E-state index contributed by atoms with van der Waals surface area (Å²) in [7, 11) is -1.60. The molecule has 0 saturated carbocycles. The van der Waals surface area contributed by atoms with Crippen LogP contribution in [0.1, 0.15) is 37.0 Å². The Kier molecular flexibility index (Phi) is 6.27. The van der Waals surface area contributed by atoms with E-state index >= 15 is 0 Å². The van der Waals surface area contributed by atoms with E-state index in [-0.39, 0.29) is 5.91 Å². The summed E-state index contributed by atoms with van der Waals surface area (Å²) in [6.07, 6.45) is 1.94. The third-order valence-electron chi connectivity index (χ3n) is 3.31. The lowest BCUT2D eigenvalue weighted by molar-refractivity contribution is 0.0757. The summed E-state index contributed by atoms with van der Waals surface area (Å²) < 4.78 is 0. The molecule has 0 radical (unpaired) electrons. The van der Waals surface area contributed by atoms with Crippen LogP contribution in [0.15, 0.2) is 18.2 Å². The van der Waals surface area contributed by atoms with Gasteiger partial charge in [-0.2, -0.15) is 0 Å². The maximum atomic E-state index is 12.9. The van der Waals surface area contributed by atoms with Gasteiger partial charge in [-0.3, -0.25) is 4.79 Å². The summed E-state index contributed by atoms with van der Waals surface area (Å²) in [4.78, 5) is 14.8. The van der Waals surface area contributed by atoms with Crippen molar-refractivity contribution in [2.24, 2.45) is 0 Å². The standard InChI is InChI=1S/C16H26ClNOSi/c1-6-11-18(12-7-2)16(19)15-13(17)9-8-10-14(15)20(3,4)5/h8-10H,6-7,11-12H2,1-5H3. The van der Waals surface area contributed by atoms with E-state index in [2.05, 4.69) is 39.6 Å². The summed E-state index contributed by atoms with van der Waals surface area (Å²) in [5, 5.41) is 1.75. The normalized spacial score (nSPS) is 11.5. The molecule has 0 aliphatic rings. The molecule has 0 N–H and O–H groups in total. The number of halogens is 1. The van der Waals surface area contributed by atoms with E-state index in [1.54, 1.807) is 0 Å². The molecule has 0 unspecified atom stereocenters. The molecule has 4 heteroatoms. The fraction of sp³-hybridized carbons (Fsp3) is 0.562. The van der Waals surface area contributed by atoms with Gasteiger partial charge in [0.25, 0.3) is 5.91 Å². The first-order chi connectivity index (χ1) is 9.32. The molecule has 0 saturated heterocycles. The molecule has 0 heterocycles. The first kappa shape index (κ1) is 17.2. The minimum absolute atomic E-state index is 0.0942. The van der Waals surface area contributed by atoms with Gasteiger partial charge in [0.05, 0.1) is 18.7 Å². The van der Waals surface area contributed by atoms with Crippen LogP contribution in [-0.4, -0.2) is 32.0 Å². The van der Waals surface area contributed by atoms with Crippen molar-refractivity contribution in [1.82, 2.24) is 4.90 Å². The zero-order valence-corrected chi connectivity index (χ0v) is 15.0. The van der Waals surface area contributed by atoms with E-state index in [4.69, 9.17) is 11.6 Å². The summed E-state index contributed by atoms with van der Waals surface area (Å²) in [6.45, 7) is 12.5. The Balaban J connectivity index is 3.26. The molecule has 0 aliphatic carbocycles. The lowest BCUT2D eigenvalue weighted by Gasteiger charge is -2.27. The molecule has 0 atom stereocenters. The Morgan fingerprint density at radius 3 is 2.15 bits per heavy atom. The van der Waals surface area contributed by atoms with Crippen LogP contribution < -0.4 is 5.19 Å². The van der Waals surface area contributed by atoms with Crippen LogP contribution in [-0.2, 0) is 0 Å². The van der Waals surface area contributed by atoms with Crippen molar-refractivity contribution >= 4 is 30.8 Å². The van der Waals surface area contributed by atoms with E-state index in [0.29, 0.717) is 5.02 Å². The molecule has 0 aromatic heterocycles. The molecule has 0 bridgehead atoms. The summed E-state index contributed by atoms with van der Waals surface area (Å²) in [6, 6.07) is 5.85. The van der Waals surface area contributed by atoms with Crippen LogP contribution in [0.4, 0.5) is 0 Å². The second-order valence-electron chi connectivity index (χ2n) is 6.20.